The molecular weight excluding hydrogens is 328 g/mol. The van der Waals surface area contributed by atoms with Crippen LogP contribution in [0.25, 0.3) is 11.3 Å². The number of hydrogen-bond acceptors (Lipinski definition) is 6. The van der Waals surface area contributed by atoms with E-state index in [9.17, 15) is 4.79 Å². The van der Waals surface area contributed by atoms with Crippen LogP contribution in [0.4, 0.5) is 0 Å². The summed E-state index contributed by atoms with van der Waals surface area (Å²) >= 11 is 0. The van der Waals surface area contributed by atoms with Crippen molar-refractivity contribution in [2.24, 2.45) is 0 Å². The summed E-state index contributed by atoms with van der Waals surface area (Å²) in [4.78, 5) is 35.9. The van der Waals surface area contributed by atoms with Crippen LogP contribution in [0.15, 0.2) is 43.4 Å². The van der Waals surface area contributed by atoms with Gasteiger partial charge in [-0.25, -0.2) is 19.9 Å². The number of aromatic nitrogens is 5. The van der Waals surface area contributed by atoms with Gasteiger partial charge in [-0.3, -0.25) is 9.78 Å². The van der Waals surface area contributed by atoms with Crippen LogP contribution in [0.5, 0.6) is 0 Å². The van der Waals surface area contributed by atoms with Crippen LogP contribution >= 0.6 is 0 Å². The van der Waals surface area contributed by atoms with Gasteiger partial charge in [-0.05, 0) is 25.5 Å². The van der Waals surface area contributed by atoms with E-state index < -0.39 is 0 Å². The van der Waals surface area contributed by atoms with Crippen molar-refractivity contribution >= 4 is 5.91 Å². The third-order valence-corrected chi connectivity index (χ3v) is 4.56. The molecular formula is C19H18N6O. The molecule has 0 spiro atoms. The Bertz CT molecular complexity index is 927. The predicted octanol–water partition coefficient (Wildman–Crippen LogP) is 1.88. The van der Waals surface area contributed by atoms with Gasteiger partial charge in [0.25, 0.3) is 5.91 Å². The highest BCUT2D eigenvalue weighted by Gasteiger charge is 2.23. The van der Waals surface area contributed by atoms with E-state index >= 15 is 0 Å². The normalized spacial score (nSPS) is 13.8. The molecule has 0 saturated carbocycles. The third kappa shape index (κ3) is 3.15. The highest BCUT2D eigenvalue weighted by Crippen LogP contribution is 2.25. The number of nitrogens with zero attached hydrogens (tertiary/aromatic N) is 6. The highest BCUT2D eigenvalue weighted by atomic mass is 16.2. The molecule has 1 aliphatic rings. The fraction of sp³-hybridized carbons (Fsp3) is 0.263. The van der Waals surface area contributed by atoms with Crippen molar-refractivity contribution < 1.29 is 4.79 Å². The zero-order chi connectivity index (χ0) is 17.9. The number of amides is 1. The maximum atomic E-state index is 12.8. The maximum absolute atomic E-state index is 12.8. The lowest BCUT2D eigenvalue weighted by molar-refractivity contribution is 0.0762. The minimum absolute atomic E-state index is 0.00265. The van der Waals surface area contributed by atoms with Gasteiger partial charge in [0.2, 0.25) is 0 Å². The van der Waals surface area contributed by atoms with Crippen LogP contribution in [0.3, 0.4) is 0 Å². The lowest BCUT2D eigenvalue weighted by atomic mass is 10.0. The molecule has 0 unspecified atom stereocenters. The average Bonchev–Trinajstić information content (AvgIpc) is 2.91. The molecule has 0 bridgehead atoms. The number of carbonyl (C=O) groups excluding carboxylic acids is 1. The van der Waals surface area contributed by atoms with Gasteiger partial charge in [-0.15, -0.1) is 0 Å². The number of hydrogen-bond donors (Lipinski definition) is 0. The standard InChI is InChI=1S/C19H18N6O/c1-13-2-3-14(10-22-13)19(26)25-6-4-16-17(5-7-25)23-12-24-18(16)15-8-20-11-21-9-15/h2-3,8-12H,4-7H2,1H3. The fourth-order valence-electron chi connectivity index (χ4n) is 3.18. The Kier molecular flexibility index (Phi) is 4.35. The van der Waals surface area contributed by atoms with Gasteiger partial charge in [0, 0.05) is 60.6 Å². The predicted molar refractivity (Wildman–Crippen MR) is 95.3 cm³/mol. The van der Waals surface area contributed by atoms with Crippen molar-refractivity contribution in [2.75, 3.05) is 13.1 Å². The molecule has 0 aromatic carbocycles. The molecule has 0 aliphatic carbocycles. The summed E-state index contributed by atoms with van der Waals surface area (Å²) in [6, 6.07) is 3.69. The second kappa shape index (κ2) is 6.95. The van der Waals surface area contributed by atoms with Gasteiger partial charge in [0.15, 0.2) is 0 Å². The zero-order valence-electron chi connectivity index (χ0n) is 14.5. The molecule has 26 heavy (non-hydrogen) atoms. The first-order valence-electron chi connectivity index (χ1n) is 8.52. The average molecular weight is 346 g/mol. The Hall–Kier alpha value is -3.22. The van der Waals surface area contributed by atoms with Gasteiger partial charge in [0.1, 0.15) is 12.7 Å². The Labute approximate surface area is 151 Å². The largest absolute Gasteiger partial charge is 0.338 e. The quantitative estimate of drug-likeness (QED) is 0.704. The maximum Gasteiger partial charge on any atom is 0.255 e. The number of fused-ring (bicyclic) bond motifs is 1. The molecule has 3 aromatic rings. The van der Waals surface area contributed by atoms with E-state index in [0.29, 0.717) is 31.5 Å². The second-order valence-electron chi connectivity index (χ2n) is 6.26. The smallest absolute Gasteiger partial charge is 0.255 e. The van der Waals surface area contributed by atoms with E-state index in [1.165, 1.54) is 6.33 Å². The summed E-state index contributed by atoms with van der Waals surface area (Å²) in [5, 5.41) is 0. The third-order valence-electron chi connectivity index (χ3n) is 4.56. The summed E-state index contributed by atoms with van der Waals surface area (Å²) in [7, 11) is 0. The Balaban J connectivity index is 1.60. The highest BCUT2D eigenvalue weighted by molar-refractivity contribution is 5.94. The van der Waals surface area contributed by atoms with Crippen molar-refractivity contribution in [3.05, 3.63) is 65.9 Å². The molecule has 130 valence electrons. The van der Waals surface area contributed by atoms with Crippen molar-refractivity contribution in [1.29, 1.82) is 0 Å². The van der Waals surface area contributed by atoms with E-state index in [4.69, 9.17) is 0 Å². The monoisotopic (exact) mass is 346 g/mol. The number of pyridine rings is 1. The van der Waals surface area contributed by atoms with Crippen LogP contribution in [0.2, 0.25) is 0 Å². The van der Waals surface area contributed by atoms with Crippen molar-refractivity contribution in [3.8, 4) is 11.3 Å². The SMILES string of the molecule is Cc1ccc(C(=O)N2CCc3ncnc(-c4cncnc4)c3CC2)cn1. The summed E-state index contributed by atoms with van der Waals surface area (Å²) < 4.78 is 0. The number of rotatable bonds is 2. The lowest BCUT2D eigenvalue weighted by Gasteiger charge is -2.20. The summed E-state index contributed by atoms with van der Waals surface area (Å²) in [6.45, 7) is 3.15. The molecule has 3 aromatic heterocycles. The topological polar surface area (TPSA) is 84.8 Å². The van der Waals surface area contributed by atoms with Gasteiger partial charge >= 0.3 is 0 Å². The minimum Gasteiger partial charge on any atom is -0.338 e. The molecule has 0 N–H and O–H groups in total. The Morgan fingerprint density at radius 1 is 0.962 bits per heavy atom. The summed E-state index contributed by atoms with van der Waals surface area (Å²) in [6.07, 6.45) is 9.61. The van der Waals surface area contributed by atoms with E-state index in [0.717, 1.165) is 28.2 Å². The van der Waals surface area contributed by atoms with Crippen LogP contribution in [0.1, 0.15) is 27.3 Å². The Morgan fingerprint density at radius 2 is 1.77 bits per heavy atom. The first-order chi connectivity index (χ1) is 12.7. The summed E-state index contributed by atoms with van der Waals surface area (Å²) in [5.74, 6) is 0.00265. The zero-order valence-corrected chi connectivity index (χ0v) is 14.5. The van der Waals surface area contributed by atoms with Crippen molar-refractivity contribution in [2.45, 2.75) is 19.8 Å². The molecule has 0 radical (unpaired) electrons. The van der Waals surface area contributed by atoms with Crippen molar-refractivity contribution in [3.63, 3.8) is 0 Å². The first kappa shape index (κ1) is 16.3. The van der Waals surface area contributed by atoms with E-state index in [1.807, 2.05) is 24.0 Å². The van der Waals surface area contributed by atoms with Crippen LogP contribution in [-0.2, 0) is 12.8 Å². The van der Waals surface area contributed by atoms with Gasteiger partial charge in [-0.2, -0.15) is 0 Å². The molecule has 0 fully saturated rings. The molecule has 4 heterocycles. The van der Waals surface area contributed by atoms with Gasteiger partial charge < -0.3 is 4.90 Å². The molecule has 7 nitrogen and oxygen atoms in total. The fourth-order valence-corrected chi connectivity index (χ4v) is 3.18. The van der Waals surface area contributed by atoms with Crippen LogP contribution in [0, 0.1) is 6.92 Å². The Morgan fingerprint density at radius 3 is 2.54 bits per heavy atom. The summed E-state index contributed by atoms with van der Waals surface area (Å²) in [5.41, 5.74) is 5.28. The molecule has 1 amide bonds. The first-order valence-corrected chi connectivity index (χ1v) is 8.52. The van der Waals surface area contributed by atoms with Gasteiger partial charge in [-0.1, -0.05) is 0 Å². The van der Waals surface area contributed by atoms with Crippen LogP contribution in [-0.4, -0.2) is 48.8 Å². The van der Waals surface area contributed by atoms with Gasteiger partial charge in [0.05, 0.1) is 11.3 Å². The second-order valence-corrected chi connectivity index (χ2v) is 6.26. The minimum atomic E-state index is 0.00265. The van der Waals surface area contributed by atoms with E-state index in [2.05, 4.69) is 24.9 Å². The molecule has 0 atom stereocenters. The van der Waals surface area contributed by atoms with Crippen molar-refractivity contribution in [1.82, 2.24) is 29.8 Å². The van der Waals surface area contributed by atoms with Crippen LogP contribution < -0.4 is 0 Å². The molecule has 4 rings (SSSR count). The lowest BCUT2D eigenvalue weighted by Crippen LogP contribution is -2.33. The molecule has 7 heteroatoms. The van der Waals surface area contributed by atoms with E-state index in [-0.39, 0.29) is 5.91 Å². The molecule has 0 saturated heterocycles. The number of aryl methyl sites for hydroxylation is 1. The number of carbonyl (C=O) groups is 1. The van der Waals surface area contributed by atoms with E-state index in [1.54, 1.807) is 24.9 Å². The molecule has 1 aliphatic heterocycles.